The molecule has 0 radical (unpaired) electrons. The monoisotopic (exact) mass is 397 g/mol. The van der Waals surface area contributed by atoms with E-state index in [0.29, 0.717) is 5.92 Å². The summed E-state index contributed by atoms with van der Waals surface area (Å²) in [6, 6.07) is 14.5. The molecule has 0 bridgehead atoms. The van der Waals surface area contributed by atoms with Crippen LogP contribution in [-0.2, 0) is 6.42 Å². The Morgan fingerprint density at radius 1 is 1.08 bits per heavy atom. The molecule has 1 aliphatic carbocycles. The van der Waals surface area contributed by atoms with Gasteiger partial charge in [0.2, 0.25) is 5.16 Å². The maximum absolute atomic E-state index is 4.68. The van der Waals surface area contributed by atoms with E-state index in [-0.39, 0.29) is 0 Å². The molecule has 5 rings (SSSR count). The van der Waals surface area contributed by atoms with E-state index >= 15 is 0 Å². The Hall–Kier alpha value is -2.03. The van der Waals surface area contributed by atoms with Crippen LogP contribution < -0.4 is 0 Å². The Balaban J connectivity index is 1.50. The zero-order valence-electron chi connectivity index (χ0n) is 13.8. The first-order valence-corrected chi connectivity index (χ1v) is 10.9. The lowest BCUT2D eigenvalue weighted by atomic mass is 10.3. The van der Waals surface area contributed by atoms with Crippen LogP contribution >= 0.6 is 34.6 Å². The third-order valence-electron chi connectivity index (χ3n) is 4.17. The van der Waals surface area contributed by atoms with Gasteiger partial charge < -0.3 is 0 Å². The number of para-hydroxylation sites is 1. The Morgan fingerprint density at radius 3 is 2.73 bits per heavy atom. The van der Waals surface area contributed by atoms with Crippen molar-refractivity contribution in [3.05, 3.63) is 64.4 Å². The van der Waals surface area contributed by atoms with Crippen molar-refractivity contribution in [3.8, 4) is 5.69 Å². The Morgan fingerprint density at radius 2 is 1.96 bits per heavy atom. The molecule has 1 saturated carbocycles. The fraction of sp³-hybridized carbons (Fsp3) is 0.222. The second kappa shape index (κ2) is 6.94. The summed E-state index contributed by atoms with van der Waals surface area (Å²) in [5.74, 6) is 2.50. The van der Waals surface area contributed by atoms with Gasteiger partial charge in [0.15, 0.2) is 4.34 Å². The highest BCUT2D eigenvalue weighted by molar-refractivity contribution is 8.00. The summed E-state index contributed by atoms with van der Waals surface area (Å²) in [6.07, 6.45) is 3.20. The summed E-state index contributed by atoms with van der Waals surface area (Å²) >= 11 is 4.74. The molecule has 1 aliphatic rings. The van der Waals surface area contributed by atoms with Crippen molar-refractivity contribution in [1.29, 1.82) is 0 Å². The van der Waals surface area contributed by atoms with Gasteiger partial charge in [-0.2, -0.15) is 4.37 Å². The van der Waals surface area contributed by atoms with E-state index in [0.717, 1.165) is 33.3 Å². The van der Waals surface area contributed by atoms with E-state index in [1.54, 1.807) is 23.1 Å². The van der Waals surface area contributed by atoms with Crippen LogP contribution in [0.15, 0.2) is 57.3 Å². The van der Waals surface area contributed by atoms with E-state index < -0.39 is 0 Å². The summed E-state index contributed by atoms with van der Waals surface area (Å²) < 4.78 is 7.56. The number of hydrogen-bond acceptors (Lipinski definition) is 7. The number of hydrogen-bond donors (Lipinski definition) is 0. The lowest BCUT2D eigenvalue weighted by Crippen LogP contribution is -2.02. The molecule has 1 fully saturated rings. The minimum Gasteiger partial charge on any atom is -0.273 e. The molecule has 26 heavy (non-hydrogen) atoms. The zero-order chi connectivity index (χ0) is 17.3. The molecule has 0 unspecified atom stereocenters. The first-order chi connectivity index (χ1) is 12.9. The van der Waals surface area contributed by atoms with Crippen molar-refractivity contribution in [2.75, 3.05) is 0 Å². The second-order valence-corrected chi connectivity index (χ2v) is 9.12. The molecule has 4 aromatic rings. The minimum absolute atomic E-state index is 0.571. The van der Waals surface area contributed by atoms with Gasteiger partial charge in [-0.15, -0.1) is 21.5 Å². The van der Waals surface area contributed by atoms with E-state index in [4.69, 9.17) is 0 Å². The van der Waals surface area contributed by atoms with Crippen LogP contribution in [-0.4, -0.2) is 24.1 Å². The fourth-order valence-corrected chi connectivity index (χ4v) is 5.09. The molecule has 0 saturated heterocycles. The van der Waals surface area contributed by atoms with Crippen molar-refractivity contribution >= 4 is 34.6 Å². The van der Waals surface area contributed by atoms with Crippen LogP contribution in [0.1, 0.15) is 35.3 Å². The second-order valence-electron chi connectivity index (χ2n) is 6.12. The quantitative estimate of drug-likeness (QED) is 0.468. The maximum atomic E-state index is 4.68. The van der Waals surface area contributed by atoms with Crippen molar-refractivity contribution in [1.82, 2.24) is 24.1 Å². The molecular weight excluding hydrogens is 382 g/mol. The summed E-state index contributed by atoms with van der Waals surface area (Å²) in [6.45, 7) is 0. The SMILES string of the molecule is c1ccc(-n2c(Cc3cccs3)nnc2Sc2nc(C3CC3)ns2)cc1. The molecule has 0 aliphatic heterocycles. The molecule has 5 nitrogen and oxygen atoms in total. The normalized spacial score (nSPS) is 14.0. The van der Waals surface area contributed by atoms with Crippen LogP contribution in [0.5, 0.6) is 0 Å². The van der Waals surface area contributed by atoms with Gasteiger partial charge in [-0.1, -0.05) is 24.3 Å². The van der Waals surface area contributed by atoms with E-state index in [2.05, 4.69) is 53.8 Å². The number of rotatable bonds is 6. The van der Waals surface area contributed by atoms with Gasteiger partial charge in [0.1, 0.15) is 11.6 Å². The topological polar surface area (TPSA) is 56.5 Å². The van der Waals surface area contributed by atoms with Gasteiger partial charge in [-0.3, -0.25) is 4.57 Å². The van der Waals surface area contributed by atoms with E-state index in [9.17, 15) is 0 Å². The molecule has 0 N–H and O–H groups in total. The van der Waals surface area contributed by atoms with Gasteiger partial charge in [-0.25, -0.2) is 4.98 Å². The van der Waals surface area contributed by atoms with Gasteiger partial charge in [-0.05, 0) is 59.7 Å². The predicted molar refractivity (Wildman–Crippen MR) is 104 cm³/mol. The van der Waals surface area contributed by atoms with Crippen molar-refractivity contribution in [2.45, 2.75) is 34.7 Å². The number of thiophene rings is 1. The Bertz CT molecular complexity index is 1000. The number of benzene rings is 1. The molecule has 0 spiro atoms. The standard InChI is InChI=1S/C18H15N5S3/c1-2-5-13(6-3-1)23-15(11-14-7-4-10-24-14)20-21-17(23)25-18-19-16(22-26-18)12-8-9-12/h1-7,10,12H,8-9,11H2. The minimum atomic E-state index is 0.571. The highest BCUT2D eigenvalue weighted by Crippen LogP contribution is 2.40. The molecule has 0 amide bonds. The molecule has 0 atom stereocenters. The molecule has 3 heterocycles. The number of nitrogens with zero attached hydrogens (tertiary/aromatic N) is 5. The van der Waals surface area contributed by atoms with Crippen LogP contribution in [0.25, 0.3) is 5.69 Å². The predicted octanol–water partition coefficient (Wildman–Crippen LogP) is 4.80. The lowest BCUT2D eigenvalue weighted by molar-refractivity contribution is 0.850. The maximum Gasteiger partial charge on any atom is 0.202 e. The summed E-state index contributed by atoms with van der Waals surface area (Å²) in [5, 5.41) is 11.9. The van der Waals surface area contributed by atoms with Crippen LogP contribution in [0.3, 0.4) is 0 Å². The smallest absolute Gasteiger partial charge is 0.202 e. The largest absolute Gasteiger partial charge is 0.273 e. The number of aromatic nitrogens is 5. The first-order valence-electron chi connectivity index (χ1n) is 8.40. The van der Waals surface area contributed by atoms with Crippen LogP contribution in [0, 0.1) is 0 Å². The van der Waals surface area contributed by atoms with Gasteiger partial charge in [0.25, 0.3) is 0 Å². The van der Waals surface area contributed by atoms with Crippen LogP contribution in [0.4, 0.5) is 0 Å². The Kier molecular flexibility index (Phi) is 4.32. The van der Waals surface area contributed by atoms with E-state index in [1.165, 1.54) is 29.3 Å². The summed E-state index contributed by atoms with van der Waals surface area (Å²) in [7, 11) is 0. The third kappa shape index (κ3) is 3.32. The molecule has 1 aromatic carbocycles. The third-order valence-corrected chi connectivity index (χ3v) is 6.76. The van der Waals surface area contributed by atoms with Gasteiger partial charge in [0, 0.05) is 22.9 Å². The van der Waals surface area contributed by atoms with Crippen molar-refractivity contribution in [2.24, 2.45) is 0 Å². The zero-order valence-corrected chi connectivity index (χ0v) is 16.2. The van der Waals surface area contributed by atoms with Crippen LogP contribution in [0.2, 0.25) is 0 Å². The average Bonchev–Trinajstić information content (AvgIpc) is 3.06. The highest BCUT2D eigenvalue weighted by atomic mass is 32.2. The van der Waals surface area contributed by atoms with Gasteiger partial charge >= 0.3 is 0 Å². The summed E-state index contributed by atoms with van der Waals surface area (Å²) in [5.41, 5.74) is 1.07. The first kappa shape index (κ1) is 16.2. The molecular formula is C18H15N5S3. The van der Waals surface area contributed by atoms with Crippen molar-refractivity contribution in [3.63, 3.8) is 0 Å². The molecule has 130 valence electrons. The average molecular weight is 398 g/mol. The van der Waals surface area contributed by atoms with Gasteiger partial charge in [0.05, 0.1) is 0 Å². The molecule has 3 aromatic heterocycles. The molecule has 8 heteroatoms. The highest BCUT2D eigenvalue weighted by Gasteiger charge is 2.28. The van der Waals surface area contributed by atoms with Crippen molar-refractivity contribution < 1.29 is 0 Å². The lowest BCUT2D eigenvalue weighted by Gasteiger charge is -2.08. The Labute approximate surface area is 163 Å². The fourth-order valence-electron chi connectivity index (χ4n) is 2.73. The summed E-state index contributed by atoms with van der Waals surface area (Å²) in [4.78, 5) is 5.95. The van der Waals surface area contributed by atoms with E-state index in [1.807, 2.05) is 18.2 Å².